The number of carbonyl (C=O) groups is 2. The highest BCUT2D eigenvalue weighted by Crippen LogP contribution is 2.27. The first kappa shape index (κ1) is 27.0. The molecule has 0 aliphatic carbocycles. The molecule has 7 nitrogen and oxygen atoms in total. The van der Waals surface area contributed by atoms with Gasteiger partial charge in [0.15, 0.2) is 0 Å². The smallest absolute Gasteiger partial charge is 0.326 e. The zero-order chi connectivity index (χ0) is 26.1. The van der Waals surface area contributed by atoms with Crippen molar-refractivity contribution in [3.8, 4) is 17.2 Å². The normalized spacial score (nSPS) is 10.6. The van der Waals surface area contributed by atoms with Gasteiger partial charge in [0.2, 0.25) is 5.91 Å². The number of carbonyl (C=O) groups excluding carboxylic acids is 2. The number of urea groups is 1. The van der Waals surface area contributed by atoms with Gasteiger partial charge in [0.1, 0.15) is 0 Å². The maximum Gasteiger partial charge on any atom is 0.326 e. The van der Waals surface area contributed by atoms with Crippen LogP contribution in [-0.2, 0) is 4.79 Å². The average molecular weight is 524 g/mol. The summed E-state index contributed by atoms with van der Waals surface area (Å²) in [7, 11) is 3.51. The molecule has 0 atom stereocenters. The maximum absolute atomic E-state index is 13.3. The van der Waals surface area contributed by atoms with Gasteiger partial charge < -0.3 is 15.5 Å². The summed E-state index contributed by atoms with van der Waals surface area (Å²) >= 11 is 12.1. The topological polar surface area (TPSA) is 88.5 Å². The summed E-state index contributed by atoms with van der Waals surface area (Å²) < 4.78 is 0. The molecule has 3 amide bonds. The minimum atomic E-state index is -0.327. The van der Waals surface area contributed by atoms with E-state index in [4.69, 9.17) is 23.2 Å². The molecule has 0 aliphatic heterocycles. The van der Waals surface area contributed by atoms with Gasteiger partial charge in [-0.3, -0.25) is 9.69 Å². The van der Waals surface area contributed by atoms with E-state index >= 15 is 0 Å². The van der Waals surface area contributed by atoms with Gasteiger partial charge in [-0.05, 0) is 60.6 Å². The third kappa shape index (κ3) is 7.46. The number of benzene rings is 3. The van der Waals surface area contributed by atoms with Crippen molar-refractivity contribution in [1.82, 2.24) is 10.2 Å². The van der Waals surface area contributed by atoms with Crippen LogP contribution in [-0.4, -0.2) is 50.6 Å². The Labute approximate surface area is 221 Å². The quantitative estimate of drug-likeness (QED) is 0.379. The van der Waals surface area contributed by atoms with Crippen LogP contribution in [0.5, 0.6) is 0 Å². The van der Waals surface area contributed by atoms with E-state index in [2.05, 4.69) is 16.7 Å². The van der Waals surface area contributed by atoms with E-state index in [1.54, 1.807) is 36.2 Å². The molecule has 0 saturated heterocycles. The van der Waals surface area contributed by atoms with Crippen LogP contribution in [0.4, 0.5) is 16.2 Å². The Morgan fingerprint density at radius 3 is 2.33 bits per heavy atom. The number of nitrogens with zero attached hydrogens (tertiary/aromatic N) is 3. The van der Waals surface area contributed by atoms with Crippen LogP contribution >= 0.6 is 23.2 Å². The molecule has 0 unspecified atom stereocenters. The SMILES string of the molecule is CNC(=O)CCN(C)CCN(C(=O)Nc1ccc(Cl)c(Cl)c1)c1ccc(-c2cccc(C#N)c2)cc1. The average Bonchev–Trinajstić information content (AvgIpc) is 2.89. The lowest BCUT2D eigenvalue weighted by atomic mass is 10.0. The molecular formula is C27H27Cl2N5O2. The van der Waals surface area contributed by atoms with Gasteiger partial charge in [-0.1, -0.05) is 47.5 Å². The fraction of sp³-hybridized carbons (Fsp3) is 0.222. The van der Waals surface area contributed by atoms with E-state index in [-0.39, 0.29) is 11.9 Å². The number of anilines is 2. The summed E-state index contributed by atoms with van der Waals surface area (Å²) in [4.78, 5) is 28.5. The number of hydrogen-bond donors (Lipinski definition) is 2. The van der Waals surface area contributed by atoms with E-state index in [0.717, 1.165) is 11.1 Å². The van der Waals surface area contributed by atoms with E-state index < -0.39 is 0 Å². The highest BCUT2D eigenvalue weighted by molar-refractivity contribution is 6.42. The third-order valence-corrected chi connectivity index (χ3v) is 6.36. The molecule has 3 aromatic rings. The predicted molar refractivity (Wildman–Crippen MR) is 146 cm³/mol. The lowest BCUT2D eigenvalue weighted by Crippen LogP contribution is -2.40. The van der Waals surface area contributed by atoms with Crippen LogP contribution in [0, 0.1) is 11.3 Å². The lowest BCUT2D eigenvalue weighted by Gasteiger charge is -2.26. The monoisotopic (exact) mass is 523 g/mol. The summed E-state index contributed by atoms with van der Waals surface area (Å²) in [6, 6.07) is 21.7. The first-order valence-electron chi connectivity index (χ1n) is 11.3. The van der Waals surface area contributed by atoms with Crippen molar-refractivity contribution in [2.75, 3.05) is 43.9 Å². The molecule has 0 fully saturated rings. The summed E-state index contributed by atoms with van der Waals surface area (Å²) in [5, 5.41) is 15.4. The molecule has 2 N–H and O–H groups in total. The van der Waals surface area contributed by atoms with Crippen LogP contribution in [0.25, 0.3) is 11.1 Å². The van der Waals surface area contributed by atoms with E-state index in [1.165, 1.54) is 0 Å². The third-order valence-electron chi connectivity index (χ3n) is 5.62. The van der Waals surface area contributed by atoms with Crippen LogP contribution in [0.1, 0.15) is 12.0 Å². The van der Waals surface area contributed by atoms with Crippen molar-refractivity contribution in [3.05, 3.63) is 82.3 Å². The summed E-state index contributed by atoms with van der Waals surface area (Å²) in [5.74, 6) is -0.0351. The van der Waals surface area contributed by atoms with Crippen molar-refractivity contribution >= 4 is 46.5 Å². The second-order valence-electron chi connectivity index (χ2n) is 8.18. The highest BCUT2D eigenvalue weighted by atomic mass is 35.5. The van der Waals surface area contributed by atoms with Gasteiger partial charge in [-0.15, -0.1) is 0 Å². The molecule has 0 aliphatic rings. The van der Waals surface area contributed by atoms with E-state index in [9.17, 15) is 14.9 Å². The minimum Gasteiger partial charge on any atom is -0.359 e. The van der Waals surface area contributed by atoms with E-state index in [0.29, 0.717) is 53.0 Å². The van der Waals surface area contributed by atoms with Gasteiger partial charge >= 0.3 is 6.03 Å². The van der Waals surface area contributed by atoms with Gasteiger partial charge in [0.05, 0.1) is 21.7 Å². The number of nitriles is 1. The maximum atomic E-state index is 13.3. The number of likely N-dealkylation sites (N-methyl/N-ethyl adjacent to an activating group) is 1. The van der Waals surface area contributed by atoms with Crippen molar-refractivity contribution in [2.45, 2.75) is 6.42 Å². The molecule has 3 rings (SSSR count). The Balaban J connectivity index is 1.80. The number of halogens is 2. The Hall–Kier alpha value is -3.57. The van der Waals surface area contributed by atoms with Gasteiger partial charge in [-0.2, -0.15) is 5.26 Å². The fourth-order valence-corrected chi connectivity index (χ4v) is 3.81. The predicted octanol–water partition coefficient (Wildman–Crippen LogP) is 5.64. The largest absolute Gasteiger partial charge is 0.359 e. The molecule has 36 heavy (non-hydrogen) atoms. The van der Waals surface area contributed by atoms with Crippen molar-refractivity contribution in [3.63, 3.8) is 0 Å². The Morgan fingerprint density at radius 2 is 1.67 bits per heavy atom. The summed E-state index contributed by atoms with van der Waals surface area (Å²) in [6.45, 7) is 1.51. The van der Waals surface area contributed by atoms with Crippen LogP contribution in [0.2, 0.25) is 10.0 Å². The zero-order valence-corrected chi connectivity index (χ0v) is 21.6. The first-order chi connectivity index (χ1) is 17.3. The molecule has 0 bridgehead atoms. The van der Waals surface area contributed by atoms with Gasteiger partial charge in [-0.25, -0.2) is 4.79 Å². The van der Waals surface area contributed by atoms with Crippen LogP contribution in [0.3, 0.4) is 0 Å². The number of amides is 3. The fourth-order valence-electron chi connectivity index (χ4n) is 3.51. The molecule has 3 aromatic carbocycles. The Kier molecular flexibility index (Phi) is 9.71. The van der Waals surface area contributed by atoms with Gasteiger partial charge in [0, 0.05) is 44.5 Å². The first-order valence-corrected chi connectivity index (χ1v) is 12.1. The molecule has 0 aromatic heterocycles. The van der Waals surface area contributed by atoms with Crippen LogP contribution < -0.4 is 15.5 Å². The van der Waals surface area contributed by atoms with Gasteiger partial charge in [0.25, 0.3) is 0 Å². The molecule has 0 saturated carbocycles. The second-order valence-corrected chi connectivity index (χ2v) is 8.99. The second kappa shape index (κ2) is 12.9. The highest BCUT2D eigenvalue weighted by Gasteiger charge is 2.18. The molecule has 0 radical (unpaired) electrons. The minimum absolute atomic E-state index is 0.0351. The van der Waals surface area contributed by atoms with Crippen LogP contribution in [0.15, 0.2) is 66.7 Å². The van der Waals surface area contributed by atoms with Crippen molar-refractivity contribution < 1.29 is 9.59 Å². The van der Waals surface area contributed by atoms with Crippen molar-refractivity contribution in [2.24, 2.45) is 0 Å². The summed E-state index contributed by atoms with van der Waals surface area (Å²) in [5.41, 5.74) is 3.66. The zero-order valence-electron chi connectivity index (χ0n) is 20.1. The summed E-state index contributed by atoms with van der Waals surface area (Å²) in [6.07, 6.45) is 0.374. The van der Waals surface area contributed by atoms with Crippen molar-refractivity contribution in [1.29, 1.82) is 5.26 Å². The lowest BCUT2D eigenvalue weighted by molar-refractivity contribution is -0.120. The van der Waals surface area contributed by atoms with E-state index in [1.807, 2.05) is 54.4 Å². The number of rotatable bonds is 9. The number of nitrogens with one attached hydrogen (secondary N) is 2. The standard InChI is InChI=1S/C27H27Cl2N5O2/c1-31-26(35)12-13-33(2)14-15-34(27(36)32-22-8-11-24(28)25(29)17-22)23-9-6-20(7-10-23)21-5-3-4-19(16-21)18-30/h3-11,16-17H,12-15H2,1-2H3,(H,31,35)(H,32,36). The number of hydrogen-bond acceptors (Lipinski definition) is 4. The molecular weight excluding hydrogens is 497 g/mol. The molecule has 0 heterocycles. The Bertz CT molecular complexity index is 1260. The Morgan fingerprint density at radius 1 is 0.917 bits per heavy atom. The molecule has 9 heteroatoms. The molecule has 186 valence electrons. The molecule has 0 spiro atoms.